The maximum Gasteiger partial charge on any atom is 0.433 e. The molecule has 0 radical (unpaired) electrons. The quantitative estimate of drug-likeness (QED) is 0.881. The van der Waals surface area contributed by atoms with Gasteiger partial charge in [-0.2, -0.15) is 13.2 Å². The first-order chi connectivity index (χ1) is 8.84. The highest BCUT2D eigenvalue weighted by Gasteiger charge is 2.33. The lowest BCUT2D eigenvalue weighted by atomic mass is 10.3. The van der Waals surface area contributed by atoms with Crippen LogP contribution >= 0.6 is 11.6 Å². The van der Waals surface area contributed by atoms with Crippen molar-refractivity contribution < 1.29 is 17.7 Å². The van der Waals surface area contributed by atoms with Gasteiger partial charge >= 0.3 is 6.18 Å². The van der Waals surface area contributed by atoms with Gasteiger partial charge in [0.05, 0.1) is 12.2 Å². The van der Waals surface area contributed by atoms with Crippen LogP contribution in [0.5, 0.6) is 0 Å². The van der Waals surface area contributed by atoms with Gasteiger partial charge in [-0.15, -0.1) is 0 Å². The van der Waals surface area contributed by atoms with Crippen molar-refractivity contribution in [2.24, 2.45) is 0 Å². The van der Waals surface area contributed by atoms with E-state index in [-0.39, 0.29) is 12.4 Å². The lowest BCUT2D eigenvalue weighted by Crippen LogP contribution is -2.11. The predicted molar refractivity (Wildman–Crippen MR) is 60.6 cm³/mol. The molecule has 0 fully saturated rings. The molecule has 1 N–H and O–H groups in total. The maximum atomic E-state index is 12.5. The summed E-state index contributed by atoms with van der Waals surface area (Å²) in [7, 11) is 0. The number of hydrogen-bond donors (Lipinski definition) is 1. The fourth-order valence-corrected chi connectivity index (χ4v) is 1.51. The van der Waals surface area contributed by atoms with Gasteiger partial charge in [0.15, 0.2) is 11.5 Å². The summed E-state index contributed by atoms with van der Waals surface area (Å²) in [6, 6.07) is 2.43. The summed E-state index contributed by atoms with van der Waals surface area (Å²) in [6.07, 6.45) is -4.58. The van der Waals surface area contributed by atoms with Crippen LogP contribution in [0.3, 0.4) is 0 Å². The van der Waals surface area contributed by atoms with Gasteiger partial charge < -0.3 is 9.84 Å². The monoisotopic (exact) mass is 292 g/mol. The Morgan fingerprint density at radius 3 is 2.63 bits per heavy atom. The van der Waals surface area contributed by atoms with Crippen molar-refractivity contribution in [2.45, 2.75) is 19.6 Å². The Hall–Kier alpha value is -1.83. The molecule has 0 aliphatic heterocycles. The van der Waals surface area contributed by atoms with Gasteiger partial charge in [0.1, 0.15) is 5.82 Å². The number of halogens is 4. The third-order valence-corrected chi connectivity index (χ3v) is 2.28. The number of anilines is 1. The third kappa shape index (κ3) is 3.57. The average Bonchev–Trinajstić information content (AvgIpc) is 2.71. The molecule has 5 nitrogen and oxygen atoms in total. The van der Waals surface area contributed by atoms with Gasteiger partial charge in [0, 0.05) is 12.1 Å². The predicted octanol–water partition coefficient (Wildman–Crippen LogP) is 3.06. The van der Waals surface area contributed by atoms with E-state index in [9.17, 15) is 13.2 Å². The van der Waals surface area contributed by atoms with Crippen molar-refractivity contribution in [1.29, 1.82) is 0 Å². The second-order valence-corrected chi connectivity index (χ2v) is 4.03. The van der Waals surface area contributed by atoms with Crippen LogP contribution in [0, 0.1) is 6.92 Å². The van der Waals surface area contributed by atoms with E-state index in [1.165, 1.54) is 0 Å². The van der Waals surface area contributed by atoms with Gasteiger partial charge in [-0.25, -0.2) is 9.97 Å². The molecule has 102 valence electrons. The number of nitrogens with one attached hydrogen (secondary N) is 1. The van der Waals surface area contributed by atoms with Crippen LogP contribution in [0.15, 0.2) is 16.7 Å². The molecule has 2 heterocycles. The Kier molecular flexibility index (Phi) is 3.61. The van der Waals surface area contributed by atoms with Crippen LogP contribution < -0.4 is 5.32 Å². The van der Waals surface area contributed by atoms with E-state index >= 15 is 0 Å². The Morgan fingerprint density at radius 1 is 1.32 bits per heavy atom. The standard InChI is InChI=1S/C10H8ClF3N4O/c1-5-2-6(19-18-5)4-15-8-3-7(10(12,13)14)16-9(11)17-8/h2-3H,4H2,1H3,(H,15,16,17). The van der Waals surface area contributed by atoms with Crippen molar-refractivity contribution >= 4 is 17.4 Å². The second-order valence-electron chi connectivity index (χ2n) is 3.69. The van der Waals surface area contributed by atoms with Crippen molar-refractivity contribution in [2.75, 3.05) is 5.32 Å². The van der Waals surface area contributed by atoms with Crippen molar-refractivity contribution in [3.05, 3.63) is 34.6 Å². The minimum absolute atomic E-state index is 0.0404. The fourth-order valence-electron chi connectivity index (χ4n) is 1.33. The summed E-state index contributed by atoms with van der Waals surface area (Å²) in [5.41, 5.74) is -0.433. The molecule has 0 unspecified atom stereocenters. The number of aryl methyl sites for hydroxylation is 1. The van der Waals surface area contributed by atoms with Crippen LogP contribution in [0.2, 0.25) is 5.28 Å². The zero-order valence-electron chi connectivity index (χ0n) is 9.62. The molecule has 0 atom stereocenters. The highest BCUT2D eigenvalue weighted by Crippen LogP contribution is 2.29. The highest BCUT2D eigenvalue weighted by atomic mass is 35.5. The van der Waals surface area contributed by atoms with Crippen molar-refractivity contribution in [3.63, 3.8) is 0 Å². The van der Waals surface area contributed by atoms with E-state index in [1.54, 1.807) is 13.0 Å². The minimum Gasteiger partial charge on any atom is -0.363 e. The molecule has 0 aromatic carbocycles. The van der Waals surface area contributed by atoms with Gasteiger partial charge in [0.25, 0.3) is 0 Å². The molecule has 0 spiro atoms. The van der Waals surface area contributed by atoms with Crippen LogP contribution in [0.4, 0.5) is 19.0 Å². The lowest BCUT2D eigenvalue weighted by molar-refractivity contribution is -0.141. The largest absolute Gasteiger partial charge is 0.433 e. The smallest absolute Gasteiger partial charge is 0.363 e. The summed E-state index contributed by atoms with van der Waals surface area (Å²) in [5, 5.41) is 5.83. The number of aromatic nitrogens is 3. The third-order valence-electron chi connectivity index (χ3n) is 2.11. The van der Waals surface area contributed by atoms with Crippen molar-refractivity contribution in [3.8, 4) is 0 Å². The van der Waals surface area contributed by atoms with Crippen LogP contribution in [0.1, 0.15) is 17.1 Å². The molecule has 0 aliphatic carbocycles. The topological polar surface area (TPSA) is 63.8 Å². The minimum atomic E-state index is -4.58. The average molecular weight is 293 g/mol. The molecular formula is C10H8ClF3N4O. The first-order valence-electron chi connectivity index (χ1n) is 5.12. The number of nitrogens with zero attached hydrogens (tertiary/aromatic N) is 3. The van der Waals surface area contributed by atoms with Gasteiger partial charge in [-0.3, -0.25) is 0 Å². The SMILES string of the molecule is Cc1cc(CNc2cc(C(F)(F)F)nc(Cl)n2)on1. The number of rotatable bonds is 3. The fraction of sp³-hybridized carbons (Fsp3) is 0.300. The molecule has 0 amide bonds. The van der Waals surface area contributed by atoms with Gasteiger partial charge in [-0.1, -0.05) is 5.16 Å². The summed E-state index contributed by atoms with van der Waals surface area (Å²) in [5.74, 6) is 0.433. The maximum absolute atomic E-state index is 12.5. The molecule has 2 rings (SSSR count). The zero-order valence-corrected chi connectivity index (χ0v) is 10.4. The molecule has 0 bridgehead atoms. The number of hydrogen-bond acceptors (Lipinski definition) is 5. The Morgan fingerprint density at radius 2 is 2.05 bits per heavy atom. The molecular weight excluding hydrogens is 285 g/mol. The summed E-state index contributed by atoms with van der Waals surface area (Å²) in [6.45, 7) is 1.88. The van der Waals surface area contributed by atoms with E-state index in [0.717, 1.165) is 6.07 Å². The molecule has 19 heavy (non-hydrogen) atoms. The first-order valence-corrected chi connectivity index (χ1v) is 5.50. The van der Waals surface area contributed by atoms with Crippen LogP contribution in [-0.4, -0.2) is 15.1 Å². The normalized spacial score (nSPS) is 11.6. The zero-order chi connectivity index (χ0) is 14.0. The van der Waals surface area contributed by atoms with E-state index in [1.807, 2.05) is 0 Å². The van der Waals surface area contributed by atoms with E-state index in [4.69, 9.17) is 16.1 Å². The molecule has 9 heteroatoms. The second kappa shape index (κ2) is 5.04. The molecule has 2 aromatic heterocycles. The van der Waals surface area contributed by atoms with Gasteiger partial charge in [-0.05, 0) is 18.5 Å². The van der Waals surface area contributed by atoms with E-state index < -0.39 is 17.2 Å². The summed E-state index contributed by atoms with van der Waals surface area (Å²) >= 11 is 5.44. The molecule has 0 saturated heterocycles. The first kappa shape index (κ1) is 13.6. The Bertz CT molecular complexity index is 584. The Balaban J connectivity index is 2.14. The highest BCUT2D eigenvalue weighted by molar-refractivity contribution is 6.28. The molecule has 0 saturated carbocycles. The van der Waals surface area contributed by atoms with Gasteiger partial charge in [0.2, 0.25) is 5.28 Å². The van der Waals surface area contributed by atoms with E-state index in [0.29, 0.717) is 11.5 Å². The summed E-state index contributed by atoms with van der Waals surface area (Å²) in [4.78, 5) is 6.77. The lowest BCUT2D eigenvalue weighted by Gasteiger charge is -2.08. The molecule has 0 aliphatic rings. The van der Waals surface area contributed by atoms with Crippen LogP contribution in [-0.2, 0) is 12.7 Å². The molecule has 2 aromatic rings. The van der Waals surface area contributed by atoms with Crippen LogP contribution in [0.25, 0.3) is 0 Å². The summed E-state index contributed by atoms with van der Waals surface area (Å²) < 4.78 is 42.4. The number of alkyl halides is 3. The Labute approximate surface area is 110 Å². The van der Waals surface area contributed by atoms with E-state index in [2.05, 4.69) is 20.4 Å². The van der Waals surface area contributed by atoms with Crippen molar-refractivity contribution in [1.82, 2.24) is 15.1 Å².